The van der Waals surface area contributed by atoms with Gasteiger partial charge in [-0.3, -0.25) is 0 Å². The molecule has 470 valence electrons. The van der Waals surface area contributed by atoms with Gasteiger partial charge in [0.2, 0.25) is 0 Å². The van der Waals surface area contributed by atoms with Crippen molar-refractivity contribution in [2.24, 2.45) is 0 Å². The molecule has 0 atom stereocenters. The molecule has 4 nitrogen and oxygen atoms in total. The molecular formula is C80H120B2O4. The largest absolute Gasteiger partial charge is 0.494 e. The first kappa shape index (κ1) is 68.2. The van der Waals surface area contributed by atoms with Gasteiger partial charge in [0.15, 0.2) is 0 Å². The van der Waals surface area contributed by atoms with Gasteiger partial charge in [0, 0.05) is 0 Å². The maximum Gasteiger partial charge on any atom is 0.494 e. The maximum absolute atomic E-state index is 6.79. The highest BCUT2D eigenvalue weighted by atomic mass is 16.7. The Kier molecular flexibility index (Phi) is 26.1. The van der Waals surface area contributed by atoms with Gasteiger partial charge in [-0.1, -0.05) is 279 Å². The summed E-state index contributed by atoms with van der Waals surface area (Å²) in [6, 6.07) is 29.3. The smallest absolute Gasteiger partial charge is 0.399 e. The third-order valence-corrected chi connectivity index (χ3v) is 21.2. The predicted molar refractivity (Wildman–Crippen MR) is 375 cm³/mol. The molecule has 8 rings (SSSR count). The lowest BCUT2D eigenvalue weighted by Gasteiger charge is -2.32. The van der Waals surface area contributed by atoms with Crippen molar-refractivity contribution in [1.29, 1.82) is 0 Å². The van der Waals surface area contributed by atoms with E-state index in [0.717, 1.165) is 36.6 Å². The molecule has 0 N–H and O–H groups in total. The number of benzene rings is 4. The van der Waals surface area contributed by atoms with Gasteiger partial charge in [0.05, 0.1) is 22.4 Å². The van der Waals surface area contributed by atoms with Gasteiger partial charge in [-0.15, -0.1) is 0 Å². The van der Waals surface area contributed by atoms with E-state index in [2.05, 4.69) is 156 Å². The topological polar surface area (TPSA) is 36.9 Å². The third kappa shape index (κ3) is 17.4. The van der Waals surface area contributed by atoms with Crippen LogP contribution in [-0.2, 0) is 18.6 Å². The molecule has 2 heterocycles. The van der Waals surface area contributed by atoms with Crippen LogP contribution in [0.1, 0.15) is 336 Å². The molecule has 2 aliphatic heterocycles. The van der Waals surface area contributed by atoms with Gasteiger partial charge in [-0.2, -0.15) is 0 Å². The number of unbranched alkanes of at least 4 members (excludes halogenated alkanes) is 28. The minimum Gasteiger partial charge on any atom is -0.399 e. The molecule has 4 aliphatic rings. The predicted octanol–water partition coefficient (Wildman–Crippen LogP) is 23.6. The summed E-state index contributed by atoms with van der Waals surface area (Å²) >= 11 is 0. The minimum absolute atomic E-state index is 0.406. The van der Waals surface area contributed by atoms with E-state index >= 15 is 0 Å². The van der Waals surface area contributed by atoms with Crippen LogP contribution < -0.4 is 10.9 Å². The zero-order valence-corrected chi connectivity index (χ0v) is 57.2. The van der Waals surface area contributed by atoms with Crippen molar-refractivity contribution in [1.82, 2.24) is 0 Å². The van der Waals surface area contributed by atoms with Gasteiger partial charge in [-0.25, -0.2) is 0 Å². The third-order valence-electron chi connectivity index (χ3n) is 21.2. The molecule has 2 aliphatic carbocycles. The Morgan fingerprint density at radius 2 is 0.488 bits per heavy atom. The first-order valence-corrected chi connectivity index (χ1v) is 36.3. The Balaban J connectivity index is 1.20. The van der Waals surface area contributed by atoms with E-state index in [1.807, 2.05) is 0 Å². The number of allylic oxidation sites excluding steroid dienone is 2. The molecular weight excluding hydrogens is 1050 g/mol. The van der Waals surface area contributed by atoms with Gasteiger partial charge < -0.3 is 18.6 Å². The van der Waals surface area contributed by atoms with Crippen LogP contribution in [0.3, 0.4) is 0 Å². The molecule has 0 saturated carbocycles. The van der Waals surface area contributed by atoms with Crippen molar-refractivity contribution in [3.8, 4) is 33.4 Å². The normalized spacial score (nSPS) is 16.7. The van der Waals surface area contributed by atoms with Gasteiger partial charge in [0.1, 0.15) is 0 Å². The second-order valence-electron chi connectivity index (χ2n) is 29.2. The van der Waals surface area contributed by atoms with Crippen molar-refractivity contribution >= 4 is 36.3 Å². The van der Waals surface area contributed by atoms with Crippen LogP contribution in [0, 0.1) is 0 Å². The van der Waals surface area contributed by atoms with Crippen LogP contribution in [0.5, 0.6) is 0 Å². The first-order chi connectivity index (χ1) is 41.5. The Bertz CT molecular complexity index is 2560. The number of hydrogen-bond acceptors (Lipinski definition) is 4. The molecule has 4 aromatic rings. The Morgan fingerprint density at radius 3 is 0.744 bits per heavy atom. The molecule has 0 amide bonds. The average molecular weight is 1170 g/mol. The fourth-order valence-electron chi connectivity index (χ4n) is 14.3. The summed E-state index contributed by atoms with van der Waals surface area (Å²) < 4.78 is 27.2. The minimum atomic E-state index is -0.408. The molecule has 6 heteroatoms. The second kappa shape index (κ2) is 32.9. The highest BCUT2D eigenvalue weighted by Gasteiger charge is 2.53. The van der Waals surface area contributed by atoms with Crippen molar-refractivity contribution in [2.75, 3.05) is 0 Å². The number of rotatable bonds is 39. The molecule has 0 spiro atoms. The summed E-state index contributed by atoms with van der Waals surface area (Å²) in [4.78, 5) is 0. The standard InChI is InChI=1S/C80H120B2O4/c1-13-17-21-25-29-33-37-41-45-61(46-42-38-34-30-26-22-18-14-2)75-71-57-63(49-53-67(71)69-55-51-65(59-73(69)75)81-83-77(5,6)78(7,8)84-81)64-50-54-68-70-56-52-66(82-85-79(9,10)80(11,12)86-82)60-74(70)76(72(68)58-64)62(47-43-39-35-31-27-23-19-15-3)48-44-40-36-32-28-24-20-16-4/h49-60H,13-48H2,1-12H3. The van der Waals surface area contributed by atoms with E-state index in [-0.39, 0.29) is 0 Å². The van der Waals surface area contributed by atoms with Crippen LogP contribution >= 0.6 is 0 Å². The summed E-state index contributed by atoms with van der Waals surface area (Å²) in [5.74, 6) is 0. The molecule has 0 aromatic heterocycles. The fraction of sp³-hybridized carbons (Fsp3) is 0.650. The summed E-state index contributed by atoms with van der Waals surface area (Å²) in [7, 11) is -0.812. The summed E-state index contributed by atoms with van der Waals surface area (Å²) in [5, 5.41) is 0. The van der Waals surface area contributed by atoms with E-state index in [0.29, 0.717) is 0 Å². The van der Waals surface area contributed by atoms with Crippen LogP contribution in [0.2, 0.25) is 0 Å². The van der Waals surface area contributed by atoms with Crippen molar-refractivity contribution in [3.63, 3.8) is 0 Å². The van der Waals surface area contributed by atoms with Gasteiger partial charge >= 0.3 is 14.2 Å². The molecule has 2 saturated heterocycles. The first-order valence-electron chi connectivity index (χ1n) is 36.3. The van der Waals surface area contributed by atoms with Crippen molar-refractivity contribution < 1.29 is 18.6 Å². The molecule has 0 unspecified atom stereocenters. The summed E-state index contributed by atoms with van der Waals surface area (Å²) in [6.45, 7) is 26.7. The lowest BCUT2D eigenvalue weighted by molar-refractivity contribution is 0.00578. The van der Waals surface area contributed by atoms with Crippen LogP contribution in [0.15, 0.2) is 83.9 Å². The van der Waals surface area contributed by atoms with Crippen LogP contribution in [-0.4, -0.2) is 36.6 Å². The fourth-order valence-corrected chi connectivity index (χ4v) is 14.3. The zero-order chi connectivity index (χ0) is 61.2. The Labute approximate surface area is 528 Å². The molecule has 86 heavy (non-hydrogen) atoms. The van der Waals surface area contributed by atoms with Crippen molar-refractivity contribution in [2.45, 2.75) is 337 Å². The van der Waals surface area contributed by atoms with E-state index in [1.165, 1.54) is 272 Å². The second-order valence-corrected chi connectivity index (χ2v) is 29.2. The van der Waals surface area contributed by atoms with E-state index < -0.39 is 36.6 Å². The number of hydrogen-bond donors (Lipinski definition) is 0. The monoisotopic (exact) mass is 1170 g/mol. The highest BCUT2D eigenvalue weighted by Crippen LogP contribution is 2.52. The Hall–Kier alpha value is -3.67. The van der Waals surface area contributed by atoms with E-state index in [4.69, 9.17) is 18.6 Å². The van der Waals surface area contributed by atoms with Crippen molar-refractivity contribution in [3.05, 3.63) is 106 Å². The lowest BCUT2D eigenvalue weighted by Crippen LogP contribution is -2.41. The molecule has 0 radical (unpaired) electrons. The summed E-state index contributed by atoms with van der Waals surface area (Å²) in [6.07, 6.45) is 47.4. The van der Waals surface area contributed by atoms with E-state index in [9.17, 15) is 0 Å². The summed E-state index contributed by atoms with van der Waals surface area (Å²) in [5.41, 5.74) is 20.5. The average Bonchev–Trinajstić information content (AvgIpc) is 2.50. The Morgan fingerprint density at radius 1 is 0.267 bits per heavy atom. The quantitative estimate of drug-likeness (QED) is 0.0285. The molecule has 0 bridgehead atoms. The molecule has 4 aromatic carbocycles. The van der Waals surface area contributed by atoms with Gasteiger partial charge in [0.25, 0.3) is 0 Å². The lowest BCUT2D eigenvalue weighted by atomic mass is 9.77. The maximum atomic E-state index is 6.79. The van der Waals surface area contributed by atoms with Gasteiger partial charge in [-0.05, 0) is 197 Å². The SMILES string of the molecule is CCCCCCCCCCC(CCCCCCCCCC)=C1c2cc(B3OC(C)(C)C(C)(C)O3)ccc2-c2ccc(-c3ccc4c(c3)C(=C(CCCCCCCCCC)CCCCCCCCCC)c3cc(B5OC(C)(C)C(C)(C)O5)ccc3-4)cc21. The molecule has 2 fully saturated rings. The zero-order valence-electron chi connectivity index (χ0n) is 57.2. The van der Waals surface area contributed by atoms with E-state index in [1.54, 1.807) is 11.1 Å². The van der Waals surface area contributed by atoms with Crippen LogP contribution in [0.25, 0.3) is 44.5 Å². The van der Waals surface area contributed by atoms with Crippen LogP contribution in [0.4, 0.5) is 0 Å². The number of fused-ring (bicyclic) bond motifs is 6. The highest BCUT2D eigenvalue weighted by molar-refractivity contribution is 6.62.